The van der Waals surface area contributed by atoms with Gasteiger partial charge in [0.2, 0.25) is 5.91 Å². The SMILES string of the molecule is CCCN(C(=O)CN1C(=O)c2ccccc2C1=O)C(C)c1ccccc1Br. The largest absolute Gasteiger partial charge is 0.334 e. The minimum atomic E-state index is -0.408. The summed E-state index contributed by atoms with van der Waals surface area (Å²) < 4.78 is 0.923. The molecule has 0 aromatic heterocycles. The maximum Gasteiger partial charge on any atom is 0.262 e. The first-order chi connectivity index (χ1) is 13.0. The van der Waals surface area contributed by atoms with Crippen LogP contribution < -0.4 is 0 Å². The number of amides is 3. The van der Waals surface area contributed by atoms with Gasteiger partial charge < -0.3 is 4.90 Å². The normalized spacial score (nSPS) is 14.3. The van der Waals surface area contributed by atoms with Crippen LogP contribution in [0.2, 0.25) is 0 Å². The van der Waals surface area contributed by atoms with Crippen molar-refractivity contribution < 1.29 is 14.4 Å². The molecule has 0 fully saturated rings. The van der Waals surface area contributed by atoms with Gasteiger partial charge in [0.25, 0.3) is 11.8 Å². The second-order valence-electron chi connectivity index (χ2n) is 6.53. The Morgan fingerprint density at radius 3 is 2.15 bits per heavy atom. The number of rotatable bonds is 6. The summed E-state index contributed by atoms with van der Waals surface area (Å²) in [7, 11) is 0. The zero-order valence-corrected chi connectivity index (χ0v) is 16.9. The Morgan fingerprint density at radius 1 is 1.04 bits per heavy atom. The van der Waals surface area contributed by atoms with Gasteiger partial charge in [-0.25, -0.2) is 0 Å². The van der Waals surface area contributed by atoms with Gasteiger partial charge in [0.1, 0.15) is 6.54 Å². The Bertz CT molecular complexity index is 862. The van der Waals surface area contributed by atoms with Crippen LogP contribution in [0.5, 0.6) is 0 Å². The van der Waals surface area contributed by atoms with Gasteiger partial charge in [-0.2, -0.15) is 0 Å². The molecule has 1 aliphatic rings. The molecule has 0 bridgehead atoms. The molecule has 3 rings (SSSR count). The highest BCUT2D eigenvalue weighted by Crippen LogP contribution is 2.29. The van der Waals surface area contributed by atoms with E-state index in [2.05, 4.69) is 15.9 Å². The van der Waals surface area contributed by atoms with Crippen molar-refractivity contribution in [2.45, 2.75) is 26.3 Å². The zero-order valence-electron chi connectivity index (χ0n) is 15.3. The monoisotopic (exact) mass is 428 g/mol. The van der Waals surface area contributed by atoms with Crippen LogP contribution in [-0.2, 0) is 4.79 Å². The molecule has 0 N–H and O–H groups in total. The van der Waals surface area contributed by atoms with Crippen molar-refractivity contribution in [1.29, 1.82) is 0 Å². The summed E-state index contributed by atoms with van der Waals surface area (Å²) in [6.07, 6.45) is 0.780. The third kappa shape index (κ3) is 3.67. The molecule has 5 nitrogen and oxygen atoms in total. The Kier molecular flexibility index (Phi) is 5.75. The molecule has 1 unspecified atom stereocenters. The van der Waals surface area contributed by atoms with Crippen LogP contribution in [0.3, 0.4) is 0 Å². The number of halogens is 1. The summed E-state index contributed by atoms with van der Waals surface area (Å²) in [5, 5.41) is 0. The maximum atomic E-state index is 13.0. The summed E-state index contributed by atoms with van der Waals surface area (Å²) in [5.41, 5.74) is 1.70. The van der Waals surface area contributed by atoms with Gasteiger partial charge in [0.05, 0.1) is 17.2 Å². The molecule has 1 atom stereocenters. The molecule has 0 saturated heterocycles. The van der Waals surface area contributed by atoms with Crippen LogP contribution in [-0.4, -0.2) is 40.6 Å². The van der Waals surface area contributed by atoms with E-state index >= 15 is 0 Å². The molecule has 0 radical (unpaired) electrons. The number of carbonyl (C=O) groups is 3. The van der Waals surface area contributed by atoms with Gasteiger partial charge >= 0.3 is 0 Å². The Labute approximate surface area is 167 Å². The van der Waals surface area contributed by atoms with Crippen LogP contribution in [0.1, 0.15) is 52.6 Å². The van der Waals surface area contributed by atoms with Crippen LogP contribution in [0.4, 0.5) is 0 Å². The molecule has 3 amide bonds. The maximum absolute atomic E-state index is 13.0. The molecule has 1 heterocycles. The van der Waals surface area contributed by atoms with Crippen molar-refractivity contribution in [3.05, 3.63) is 69.7 Å². The highest BCUT2D eigenvalue weighted by molar-refractivity contribution is 9.10. The molecule has 2 aromatic rings. The van der Waals surface area contributed by atoms with Crippen molar-refractivity contribution in [1.82, 2.24) is 9.80 Å². The van der Waals surface area contributed by atoms with Crippen LogP contribution >= 0.6 is 15.9 Å². The highest BCUT2D eigenvalue weighted by Gasteiger charge is 2.37. The quantitative estimate of drug-likeness (QED) is 0.652. The van der Waals surface area contributed by atoms with Crippen molar-refractivity contribution >= 4 is 33.7 Å². The minimum Gasteiger partial charge on any atom is -0.334 e. The van der Waals surface area contributed by atoms with Crippen LogP contribution in [0.15, 0.2) is 53.0 Å². The third-order valence-corrected chi connectivity index (χ3v) is 5.50. The van der Waals surface area contributed by atoms with Gasteiger partial charge in [-0.1, -0.05) is 53.2 Å². The first-order valence-electron chi connectivity index (χ1n) is 8.94. The predicted molar refractivity (Wildman–Crippen MR) is 106 cm³/mol. The van der Waals surface area contributed by atoms with Gasteiger partial charge in [-0.05, 0) is 37.1 Å². The number of benzene rings is 2. The lowest BCUT2D eigenvalue weighted by atomic mass is 10.1. The molecule has 140 valence electrons. The zero-order chi connectivity index (χ0) is 19.6. The lowest BCUT2D eigenvalue weighted by Crippen LogP contribution is -2.44. The summed E-state index contributed by atoms with van der Waals surface area (Å²) in [6, 6.07) is 14.2. The second-order valence-corrected chi connectivity index (χ2v) is 7.38. The van der Waals surface area contributed by atoms with E-state index in [0.29, 0.717) is 17.7 Å². The number of nitrogens with zero attached hydrogens (tertiary/aromatic N) is 2. The molecule has 27 heavy (non-hydrogen) atoms. The van der Waals surface area contributed by atoms with Gasteiger partial charge in [-0.15, -0.1) is 0 Å². The van der Waals surface area contributed by atoms with Crippen molar-refractivity contribution in [2.24, 2.45) is 0 Å². The van der Waals surface area contributed by atoms with Gasteiger partial charge in [-0.3, -0.25) is 19.3 Å². The van der Waals surface area contributed by atoms with E-state index in [9.17, 15) is 14.4 Å². The van der Waals surface area contributed by atoms with Gasteiger partial charge in [0.15, 0.2) is 0 Å². The minimum absolute atomic E-state index is 0.178. The van der Waals surface area contributed by atoms with Crippen molar-refractivity contribution in [2.75, 3.05) is 13.1 Å². The summed E-state index contributed by atoms with van der Waals surface area (Å²) in [6.45, 7) is 4.25. The molecule has 0 saturated carbocycles. The number of fused-ring (bicyclic) bond motifs is 1. The Hall–Kier alpha value is -2.47. The van der Waals surface area contributed by atoms with E-state index in [0.717, 1.165) is 21.4 Å². The topological polar surface area (TPSA) is 57.7 Å². The number of hydrogen-bond acceptors (Lipinski definition) is 3. The van der Waals surface area contributed by atoms with E-state index in [1.54, 1.807) is 29.2 Å². The Balaban J connectivity index is 1.82. The number of hydrogen-bond donors (Lipinski definition) is 0. The Morgan fingerprint density at radius 2 is 1.59 bits per heavy atom. The second kappa shape index (κ2) is 8.05. The fourth-order valence-corrected chi connectivity index (χ4v) is 3.98. The van der Waals surface area contributed by atoms with E-state index < -0.39 is 11.8 Å². The molecule has 0 spiro atoms. The van der Waals surface area contributed by atoms with E-state index in [-0.39, 0.29) is 18.5 Å². The van der Waals surface area contributed by atoms with E-state index in [4.69, 9.17) is 0 Å². The summed E-state index contributed by atoms with van der Waals surface area (Å²) in [4.78, 5) is 40.9. The highest BCUT2D eigenvalue weighted by atomic mass is 79.9. The van der Waals surface area contributed by atoms with E-state index in [1.807, 2.05) is 38.1 Å². The molecule has 0 aliphatic carbocycles. The third-order valence-electron chi connectivity index (χ3n) is 4.78. The molecule has 6 heteroatoms. The molecule has 2 aromatic carbocycles. The predicted octanol–water partition coefficient (Wildman–Crippen LogP) is 4.04. The van der Waals surface area contributed by atoms with Crippen LogP contribution in [0, 0.1) is 0 Å². The van der Waals surface area contributed by atoms with E-state index in [1.165, 1.54) is 0 Å². The first-order valence-corrected chi connectivity index (χ1v) is 9.74. The smallest absolute Gasteiger partial charge is 0.262 e. The lowest BCUT2D eigenvalue weighted by molar-refractivity contribution is -0.133. The average Bonchev–Trinajstić information content (AvgIpc) is 2.91. The number of carbonyl (C=O) groups excluding carboxylic acids is 3. The fourth-order valence-electron chi connectivity index (χ4n) is 3.37. The van der Waals surface area contributed by atoms with Crippen molar-refractivity contribution in [3.8, 4) is 0 Å². The number of imide groups is 1. The first kappa shape index (κ1) is 19.3. The van der Waals surface area contributed by atoms with Crippen LogP contribution in [0.25, 0.3) is 0 Å². The standard InChI is InChI=1S/C21H21BrN2O3/c1-3-12-23(14(2)15-8-6-7-11-18(15)22)19(25)13-24-20(26)16-9-4-5-10-17(16)21(24)27/h4-11,14H,3,12-13H2,1-2H3. The fraction of sp³-hybridized carbons (Fsp3) is 0.286. The summed E-state index contributed by atoms with van der Waals surface area (Å²) >= 11 is 3.54. The average molecular weight is 429 g/mol. The van der Waals surface area contributed by atoms with Crippen molar-refractivity contribution in [3.63, 3.8) is 0 Å². The molecular formula is C21H21BrN2O3. The summed E-state index contributed by atoms with van der Waals surface area (Å²) in [5.74, 6) is -1.06. The van der Waals surface area contributed by atoms with Gasteiger partial charge in [0, 0.05) is 11.0 Å². The molecule has 1 aliphatic heterocycles. The molecular weight excluding hydrogens is 408 g/mol. The lowest BCUT2D eigenvalue weighted by Gasteiger charge is -2.31.